The minimum Gasteiger partial charge on any atom is -0.393 e. The van der Waals surface area contributed by atoms with E-state index in [1.54, 1.807) is 20.2 Å². The summed E-state index contributed by atoms with van der Waals surface area (Å²) in [4.78, 5) is 8.91. The van der Waals surface area contributed by atoms with Crippen LogP contribution in [0.25, 0.3) is 22.5 Å². The monoisotopic (exact) mass is 584 g/mol. The van der Waals surface area contributed by atoms with E-state index in [0.29, 0.717) is 6.42 Å². The van der Waals surface area contributed by atoms with Crippen LogP contribution in [0.3, 0.4) is 0 Å². The molecule has 0 aliphatic heterocycles. The van der Waals surface area contributed by atoms with Crippen molar-refractivity contribution in [3.05, 3.63) is 71.0 Å². The Hall–Kier alpha value is -1.91. The van der Waals surface area contributed by atoms with Gasteiger partial charge in [0, 0.05) is 25.7 Å². The fourth-order valence-electron chi connectivity index (χ4n) is 3.39. The first-order valence-corrected chi connectivity index (χ1v) is 9.93. The topological polar surface area (TPSA) is 66.2 Å². The van der Waals surface area contributed by atoms with Crippen LogP contribution >= 0.6 is 0 Å². The smallest absolute Gasteiger partial charge is 0.106 e. The molecule has 0 bridgehead atoms. The van der Waals surface area contributed by atoms with Crippen LogP contribution in [0.4, 0.5) is 0 Å². The molecule has 0 saturated heterocycles. The Labute approximate surface area is 193 Å². The Morgan fingerprint density at radius 3 is 1.93 bits per heavy atom. The molecule has 0 spiro atoms. The maximum atomic E-state index is 8.56. The van der Waals surface area contributed by atoms with Gasteiger partial charge in [-0.15, -0.1) is 34.9 Å². The summed E-state index contributed by atoms with van der Waals surface area (Å²) in [6.07, 6.45) is 1.36. The van der Waals surface area contributed by atoms with Crippen LogP contribution < -0.4 is 0 Å². The number of nitrogens with zero attached hydrogens (tertiary/aromatic N) is 2. The van der Waals surface area contributed by atoms with Crippen LogP contribution in [-0.2, 0) is 20.1 Å². The summed E-state index contributed by atoms with van der Waals surface area (Å²) in [6.45, 7) is 11.7. The van der Waals surface area contributed by atoms with E-state index in [0.717, 1.165) is 22.5 Å². The van der Waals surface area contributed by atoms with Crippen molar-refractivity contribution in [3.63, 3.8) is 0 Å². The van der Waals surface area contributed by atoms with Crippen LogP contribution in [0.5, 0.6) is 0 Å². The van der Waals surface area contributed by atoms with Crippen molar-refractivity contribution >= 4 is 0 Å². The van der Waals surface area contributed by atoms with Crippen molar-refractivity contribution in [2.75, 3.05) is 0 Å². The molecule has 0 fully saturated rings. The third kappa shape index (κ3) is 7.73. The van der Waals surface area contributed by atoms with Crippen LogP contribution in [0.2, 0.25) is 0 Å². The van der Waals surface area contributed by atoms with Crippen molar-refractivity contribution in [2.24, 2.45) is 0 Å². The first-order chi connectivity index (χ1) is 13.7. The second-order valence-corrected chi connectivity index (χ2v) is 7.74. The van der Waals surface area contributed by atoms with Crippen LogP contribution in [0, 0.1) is 33.8 Å². The van der Waals surface area contributed by atoms with Crippen molar-refractivity contribution in [2.45, 2.75) is 60.2 Å². The number of benzene rings is 2. The van der Waals surface area contributed by atoms with Crippen molar-refractivity contribution < 1.29 is 30.3 Å². The molecule has 4 nitrogen and oxygen atoms in total. The average molecular weight is 584 g/mol. The quantitative estimate of drug-likeness (QED) is 0.426. The summed E-state index contributed by atoms with van der Waals surface area (Å²) in [7, 11) is 0. The minimum absolute atomic E-state index is 0. The number of hydrogen-bond acceptors (Lipinski definition) is 4. The predicted octanol–water partition coefficient (Wildman–Crippen LogP) is 4.98. The average Bonchev–Trinajstić information content (AvgIpc) is 2.60. The molecule has 5 heteroatoms. The van der Waals surface area contributed by atoms with Gasteiger partial charge in [-0.1, -0.05) is 38.1 Å². The fraction of sp³-hybridized carbons (Fsp3) is 0.360. The van der Waals surface area contributed by atoms with E-state index in [-0.39, 0.29) is 32.3 Å². The van der Waals surface area contributed by atoms with E-state index in [9.17, 15) is 0 Å². The zero-order chi connectivity index (χ0) is 21.6. The normalized spacial score (nSPS) is 12.3. The molecular formula is C25H31IrN2O2-. The van der Waals surface area contributed by atoms with Crippen molar-refractivity contribution in [1.29, 1.82) is 0 Å². The molecule has 2 N–H and O–H groups in total. The summed E-state index contributed by atoms with van der Waals surface area (Å²) in [6, 6.07) is 16.0. The van der Waals surface area contributed by atoms with Gasteiger partial charge in [0.15, 0.2) is 0 Å². The summed E-state index contributed by atoms with van der Waals surface area (Å²) in [5.41, 5.74) is 8.90. The Balaban J connectivity index is 0.000000489. The van der Waals surface area contributed by atoms with Crippen LogP contribution in [0.15, 0.2) is 42.7 Å². The molecule has 0 aliphatic rings. The maximum absolute atomic E-state index is 8.56. The zero-order valence-electron chi connectivity index (χ0n) is 18.5. The third-order valence-corrected chi connectivity index (χ3v) is 4.51. The molecule has 30 heavy (non-hydrogen) atoms. The standard InChI is InChI=1S/C20H19N2.C5H12O2.Ir/c1-13-8-14(2)10-17(9-13)18-11-19(22-12-21-18)20-15(3)6-5-7-16(20)4;1-4(6)3-5(2)7;/h5-9,11-12H,1-4H3;4-7H,3H2,1-2H3;/q-1;;. The molecule has 2 atom stereocenters. The first-order valence-electron chi connectivity index (χ1n) is 9.93. The second kappa shape index (κ2) is 12.1. The van der Waals surface area contributed by atoms with E-state index in [1.165, 1.54) is 22.3 Å². The van der Waals surface area contributed by atoms with Gasteiger partial charge in [0.25, 0.3) is 0 Å². The molecular weight excluding hydrogens is 553 g/mol. The Morgan fingerprint density at radius 1 is 0.867 bits per heavy atom. The molecule has 0 amide bonds. The van der Waals surface area contributed by atoms with Crippen molar-refractivity contribution in [3.8, 4) is 22.5 Å². The molecule has 3 aromatic rings. The Bertz CT molecular complexity index is 909. The van der Waals surface area contributed by atoms with E-state index >= 15 is 0 Å². The molecule has 2 aromatic carbocycles. The SMILES string of the molecule is CC(O)CC(C)O.Cc1[c-]c(-c2cc(-c3c(C)cccc3C)ncn2)cc(C)c1.[Ir]. The van der Waals surface area contributed by atoms with Gasteiger partial charge in [0.1, 0.15) is 6.33 Å². The first kappa shape index (κ1) is 26.1. The summed E-state index contributed by atoms with van der Waals surface area (Å²) < 4.78 is 0. The van der Waals surface area contributed by atoms with Crippen LogP contribution in [0.1, 0.15) is 42.5 Å². The largest absolute Gasteiger partial charge is 0.393 e. The second-order valence-electron chi connectivity index (χ2n) is 7.74. The number of aliphatic hydroxyl groups excluding tert-OH is 2. The molecule has 2 unspecified atom stereocenters. The molecule has 0 aliphatic carbocycles. The van der Waals surface area contributed by atoms with Gasteiger partial charge in [-0.05, 0) is 50.9 Å². The molecule has 1 radical (unpaired) electrons. The van der Waals surface area contributed by atoms with Gasteiger partial charge in [-0.25, -0.2) is 4.98 Å². The Kier molecular flexibility index (Phi) is 10.5. The van der Waals surface area contributed by atoms with Crippen LogP contribution in [-0.4, -0.2) is 32.4 Å². The predicted molar refractivity (Wildman–Crippen MR) is 119 cm³/mol. The van der Waals surface area contributed by atoms with Gasteiger partial charge < -0.3 is 10.2 Å². The minimum atomic E-state index is -0.375. The molecule has 0 saturated carbocycles. The van der Waals surface area contributed by atoms with E-state index < -0.39 is 0 Å². The zero-order valence-corrected chi connectivity index (χ0v) is 20.9. The van der Waals surface area contributed by atoms with E-state index in [1.807, 2.05) is 0 Å². The maximum Gasteiger partial charge on any atom is 0.106 e. The van der Waals surface area contributed by atoms with Gasteiger partial charge in [0.05, 0.1) is 17.9 Å². The molecule has 1 heterocycles. The number of hydrogen-bond donors (Lipinski definition) is 2. The molecule has 163 valence electrons. The molecule has 3 rings (SSSR count). The third-order valence-electron chi connectivity index (χ3n) is 4.51. The number of aryl methyl sites for hydroxylation is 4. The van der Waals surface area contributed by atoms with Gasteiger partial charge in [-0.2, -0.15) is 0 Å². The summed E-state index contributed by atoms with van der Waals surface area (Å²) >= 11 is 0. The summed E-state index contributed by atoms with van der Waals surface area (Å²) in [5.74, 6) is 0. The number of rotatable bonds is 4. The fourth-order valence-corrected chi connectivity index (χ4v) is 3.39. The van der Waals surface area contributed by atoms with Gasteiger partial charge >= 0.3 is 0 Å². The number of aliphatic hydroxyl groups is 2. The number of aromatic nitrogens is 2. The van der Waals surface area contributed by atoms with Gasteiger partial charge in [-0.3, -0.25) is 4.98 Å². The molecule has 1 aromatic heterocycles. The van der Waals surface area contributed by atoms with E-state index in [2.05, 4.69) is 80.1 Å². The van der Waals surface area contributed by atoms with E-state index in [4.69, 9.17) is 10.2 Å². The summed E-state index contributed by atoms with van der Waals surface area (Å²) in [5, 5.41) is 17.1. The Morgan fingerprint density at radius 2 is 1.43 bits per heavy atom. The van der Waals surface area contributed by atoms with Crippen molar-refractivity contribution in [1.82, 2.24) is 9.97 Å². The van der Waals surface area contributed by atoms with Gasteiger partial charge in [0.2, 0.25) is 0 Å².